The van der Waals surface area contributed by atoms with E-state index in [0.717, 1.165) is 11.3 Å². The molecule has 0 saturated heterocycles. The third-order valence-electron chi connectivity index (χ3n) is 3.01. The van der Waals surface area contributed by atoms with Crippen LogP contribution in [-0.2, 0) is 24.2 Å². The van der Waals surface area contributed by atoms with Crippen LogP contribution in [0.5, 0.6) is 0 Å². The van der Waals surface area contributed by atoms with Crippen molar-refractivity contribution in [2.24, 2.45) is 5.92 Å². The van der Waals surface area contributed by atoms with Gasteiger partial charge in [-0.2, -0.15) is 5.10 Å². The molecule has 1 unspecified atom stereocenters. The van der Waals surface area contributed by atoms with E-state index in [4.69, 9.17) is 5.11 Å². The first kappa shape index (κ1) is 10.9. The quantitative estimate of drug-likeness (QED) is 0.788. The highest BCUT2D eigenvalue weighted by Crippen LogP contribution is 2.22. The SMILES string of the molecule is CCn1nc2c(cc1=O)CC(C(=O)O)CC2. The summed E-state index contributed by atoms with van der Waals surface area (Å²) >= 11 is 0. The monoisotopic (exact) mass is 222 g/mol. The summed E-state index contributed by atoms with van der Waals surface area (Å²) in [4.78, 5) is 22.4. The molecular weight excluding hydrogens is 208 g/mol. The number of carboxylic acid groups (broad SMARTS) is 1. The summed E-state index contributed by atoms with van der Waals surface area (Å²) in [7, 11) is 0. The number of hydrogen-bond acceptors (Lipinski definition) is 3. The van der Waals surface area contributed by atoms with Gasteiger partial charge in [-0.25, -0.2) is 4.68 Å². The fourth-order valence-electron chi connectivity index (χ4n) is 2.07. The minimum atomic E-state index is -0.787. The molecule has 1 aliphatic carbocycles. The van der Waals surface area contributed by atoms with E-state index in [-0.39, 0.29) is 11.5 Å². The largest absolute Gasteiger partial charge is 0.481 e. The molecule has 5 heteroatoms. The Morgan fingerprint density at radius 2 is 2.44 bits per heavy atom. The van der Waals surface area contributed by atoms with Gasteiger partial charge in [0.05, 0.1) is 11.6 Å². The van der Waals surface area contributed by atoms with E-state index in [0.29, 0.717) is 25.8 Å². The summed E-state index contributed by atoms with van der Waals surface area (Å²) < 4.78 is 1.42. The molecule has 86 valence electrons. The van der Waals surface area contributed by atoms with Gasteiger partial charge in [0.15, 0.2) is 0 Å². The maximum atomic E-state index is 11.6. The molecule has 1 N–H and O–H groups in total. The maximum Gasteiger partial charge on any atom is 0.306 e. The summed E-state index contributed by atoms with van der Waals surface area (Å²) in [6.45, 7) is 2.41. The van der Waals surface area contributed by atoms with Crippen LogP contribution >= 0.6 is 0 Å². The fourth-order valence-corrected chi connectivity index (χ4v) is 2.07. The van der Waals surface area contributed by atoms with Gasteiger partial charge >= 0.3 is 5.97 Å². The van der Waals surface area contributed by atoms with Crippen LogP contribution in [0.15, 0.2) is 10.9 Å². The zero-order chi connectivity index (χ0) is 11.7. The third-order valence-corrected chi connectivity index (χ3v) is 3.01. The summed E-state index contributed by atoms with van der Waals surface area (Å²) in [6, 6.07) is 1.53. The number of fused-ring (bicyclic) bond motifs is 1. The number of rotatable bonds is 2. The number of aliphatic carboxylic acids is 1. The Kier molecular flexibility index (Phi) is 2.77. The Balaban J connectivity index is 2.37. The summed E-state index contributed by atoms with van der Waals surface area (Å²) in [5, 5.41) is 13.2. The molecule has 0 saturated carbocycles. The van der Waals surface area contributed by atoms with Crippen molar-refractivity contribution in [2.75, 3.05) is 0 Å². The second kappa shape index (κ2) is 4.08. The number of aromatic nitrogens is 2. The van der Waals surface area contributed by atoms with Crippen molar-refractivity contribution in [3.63, 3.8) is 0 Å². The standard InChI is InChI=1S/C11H14N2O3/c1-2-13-10(14)6-8-5-7(11(15)16)3-4-9(8)12-13/h6-7H,2-5H2,1H3,(H,15,16). The van der Waals surface area contributed by atoms with Crippen molar-refractivity contribution in [3.8, 4) is 0 Å². The second-order valence-corrected chi connectivity index (χ2v) is 4.05. The zero-order valence-electron chi connectivity index (χ0n) is 9.14. The molecule has 1 atom stereocenters. The highest BCUT2D eigenvalue weighted by atomic mass is 16.4. The van der Waals surface area contributed by atoms with Crippen LogP contribution in [0.3, 0.4) is 0 Å². The first-order valence-electron chi connectivity index (χ1n) is 5.44. The second-order valence-electron chi connectivity index (χ2n) is 4.05. The lowest BCUT2D eigenvalue weighted by Gasteiger charge is -2.20. The average Bonchev–Trinajstić information content (AvgIpc) is 2.27. The fraction of sp³-hybridized carbons (Fsp3) is 0.545. The van der Waals surface area contributed by atoms with Crippen LogP contribution in [-0.4, -0.2) is 20.9 Å². The van der Waals surface area contributed by atoms with E-state index in [2.05, 4.69) is 5.10 Å². The van der Waals surface area contributed by atoms with E-state index >= 15 is 0 Å². The number of hydrogen-bond donors (Lipinski definition) is 1. The zero-order valence-corrected chi connectivity index (χ0v) is 9.14. The van der Waals surface area contributed by atoms with Crippen LogP contribution in [0.4, 0.5) is 0 Å². The number of carboxylic acids is 1. The smallest absolute Gasteiger partial charge is 0.306 e. The van der Waals surface area contributed by atoms with Crippen LogP contribution in [0.1, 0.15) is 24.6 Å². The molecule has 0 fully saturated rings. The average molecular weight is 222 g/mol. The molecule has 0 radical (unpaired) electrons. The minimum Gasteiger partial charge on any atom is -0.481 e. The molecule has 0 bridgehead atoms. The minimum absolute atomic E-state index is 0.146. The number of carbonyl (C=O) groups is 1. The van der Waals surface area contributed by atoms with E-state index in [9.17, 15) is 9.59 Å². The first-order valence-corrected chi connectivity index (χ1v) is 5.44. The predicted molar refractivity (Wildman–Crippen MR) is 57.3 cm³/mol. The lowest BCUT2D eigenvalue weighted by molar-refractivity contribution is -0.142. The van der Waals surface area contributed by atoms with Gasteiger partial charge in [0.1, 0.15) is 0 Å². The molecule has 0 aromatic carbocycles. The van der Waals surface area contributed by atoms with E-state index in [1.54, 1.807) is 0 Å². The summed E-state index contributed by atoms with van der Waals surface area (Å²) in [5.74, 6) is -1.16. The van der Waals surface area contributed by atoms with Crippen molar-refractivity contribution in [1.29, 1.82) is 0 Å². The van der Waals surface area contributed by atoms with Crippen molar-refractivity contribution in [2.45, 2.75) is 32.7 Å². The molecule has 2 rings (SSSR count). The highest BCUT2D eigenvalue weighted by Gasteiger charge is 2.25. The van der Waals surface area contributed by atoms with Crippen molar-refractivity contribution >= 4 is 5.97 Å². The molecule has 0 aliphatic heterocycles. The number of nitrogens with zero attached hydrogens (tertiary/aromatic N) is 2. The Bertz CT molecular complexity index is 479. The van der Waals surface area contributed by atoms with E-state index in [1.165, 1.54) is 10.7 Å². The van der Waals surface area contributed by atoms with E-state index < -0.39 is 5.97 Å². The van der Waals surface area contributed by atoms with Gasteiger partial charge in [-0.3, -0.25) is 9.59 Å². The molecule has 5 nitrogen and oxygen atoms in total. The van der Waals surface area contributed by atoms with Gasteiger partial charge in [0.25, 0.3) is 5.56 Å². The third kappa shape index (κ3) is 1.85. The van der Waals surface area contributed by atoms with Crippen molar-refractivity contribution in [3.05, 3.63) is 27.7 Å². The summed E-state index contributed by atoms with van der Waals surface area (Å²) in [6.07, 6.45) is 1.68. The maximum absolute atomic E-state index is 11.6. The van der Waals surface area contributed by atoms with Crippen LogP contribution in [0.2, 0.25) is 0 Å². The molecule has 1 heterocycles. The number of aryl methyl sites for hydroxylation is 2. The van der Waals surface area contributed by atoms with Gasteiger partial charge in [0, 0.05) is 12.6 Å². The Morgan fingerprint density at radius 3 is 3.06 bits per heavy atom. The molecule has 1 aromatic rings. The van der Waals surface area contributed by atoms with Crippen LogP contribution in [0, 0.1) is 5.92 Å². The Labute approximate surface area is 92.7 Å². The summed E-state index contributed by atoms with van der Waals surface area (Å²) in [5.41, 5.74) is 1.53. The van der Waals surface area contributed by atoms with Gasteiger partial charge in [-0.15, -0.1) is 0 Å². The molecule has 1 aliphatic rings. The van der Waals surface area contributed by atoms with Crippen LogP contribution < -0.4 is 5.56 Å². The topological polar surface area (TPSA) is 72.2 Å². The normalized spacial score (nSPS) is 19.2. The first-order chi connectivity index (χ1) is 7.61. The highest BCUT2D eigenvalue weighted by molar-refractivity contribution is 5.70. The van der Waals surface area contributed by atoms with Crippen molar-refractivity contribution in [1.82, 2.24) is 9.78 Å². The molecule has 0 spiro atoms. The van der Waals surface area contributed by atoms with Gasteiger partial charge in [-0.05, 0) is 31.7 Å². The Hall–Kier alpha value is -1.65. The molecule has 0 amide bonds. The molecular formula is C11H14N2O3. The van der Waals surface area contributed by atoms with Gasteiger partial charge in [0.2, 0.25) is 0 Å². The van der Waals surface area contributed by atoms with Gasteiger partial charge in [-0.1, -0.05) is 0 Å². The van der Waals surface area contributed by atoms with Gasteiger partial charge < -0.3 is 5.11 Å². The molecule has 1 aromatic heterocycles. The predicted octanol–water partition coefficient (Wildman–Crippen LogP) is 0.453. The lowest BCUT2D eigenvalue weighted by atomic mass is 9.87. The lowest BCUT2D eigenvalue weighted by Crippen LogP contribution is -2.29. The van der Waals surface area contributed by atoms with Crippen LogP contribution in [0.25, 0.3) is 0 Å². The van der Waals surface area contributed by atoms with Crippen molar-refractivity contribution < 1.29 is 9.90 Å². The Morgan fingerprint density at radius 1 is 1.69 bits per heavy atom. The molecule has 16 heavy (non-hydrogen) atoms. The van der Waals surface area contributed by atoms with E-state index in [1.807, 2.05) is 6.92 Å².